The Hall–Kier alpha value is -1.61. The first-order valence-corrected chi connectivity index (χ1v) is 7.56. The molecular weight excluding hydrogens is 246 g/mol. The minimum Gasteiger partial charge on any atom is -0.310 e. The normalized spacial score (nSPS) is 12.5. The molecule has 1 aromatic carbocycles. The van der Waals surface area contributed by atoms with Crippen LogP contribution < -0.4 is 5.32 Å². The van der Waals surface area contributed by atoms with Crippen molar-refractivity contribution >= 4 is 0 Å². The van der Waals surface area contributed by atoms with Gasteiger partial charge in [-0.2, -0.15) is 5.10 Å². The van der Waals surface area contributed by atoms with Gasteiger partial charge in [-0.3, -0.25) is 4.68 Å². The molecule has 3 heteroatoms. The van der Waals surface area contributed by atoms with Crippen molar-refractivity contribution in [1.29, 1.82) is 0 Å². The van der Waals surface area contributed by atoms with Crippen LogP contribution in [0.5, 0.6) is 0 Å². The van der Waals surface area contributed by atoms with Crippen molar-refractivity contribution in [3.8, 4) is 0 Å². The van der Waals surface area contributed by atoms with E-state index in [4.69, 9.17) is 0 Å². The topological polar surface area (TPSA) is 29.9 Å². The lowest BCUT2D eigenvalue weighted by Gasteiger charge is -2.11. The lowest BCUT2D eigenvalue weighted by Crippen LogP contribution is -2.25. The molecule has 1 unspecified atom stereocenters. The molecule has 0 aliphatic carbocycles. The maximum absolute atomic E-state index is 4.43. The number of hydrogen-bond acceptors (Lipinski definition) is 2. The van der Waals surface area contributed by atoms with Gasteiger partial charge in [0, 0.05) is 24.3 Å². The average molecular weight is 271 g/mol. The zero-order chi connectivity index (χ0) is 14.2. The van der Waals surface area contributed by atoms with E-state index in [9.17, 15) is 0 Å². The minimum atomic E-state index is 0.576. The molecule has 0 spiro atoms. The molecule has 0 radical (unpaired) electrons. The number of unbranched alkanes of at least 4 members (excludes halogenated alkanes) is 1. The summed E-state index contributed by atoms with van der Waals surface area (Å²) in [5.41, 5.74) is 2.54. The molecule has 0 saturated heterocycles. The second kappa shape index (κ2) is 7.85. The Morgan fingerprint density at radius 1 is 1.20 bits per heavy atom. The van der Waals surface area contributed by atoms with E-state index in [0.29, 0.717) is 6.04 Å². The van der Waals surface area contributed by atoms with Crippen LogP contribution in [0.3, 0.4) is 0 Å². The molecule has 20 heavy (non-hydrogen) atoms. The molecule has 0 amide bonds. The second-order valence-corrected chi connectivity index (χ2v) is 5.46. The highest BCUT2D eigenvalue weighted by Crippen LogP contribution is 2.05. The fraction of sp³-hybridized carbons (Fsp3) is 0.471. The summed E-state index contributed by atoms with van der Waals surface area (Å²) in [5.74, 6) is 0. The van der Waals surface area contributed by atoms with Crippen molar-refractivity contribution in [3.63, 3.8) is 0 Å². The fourth-order valence-corrected chi connectivity index (χ4v) is 2.26. The average Bonchev–Trinajstić information content (AvgIpc) is 2.91. The molecule has 1 N–H and O–H groups in total. The molecule has 3 nitrogen and oxygen atoms in total. The molecule has 0 aliphatic heterocycles. The predicted molar refractivity (Wildman–Crippen MR) is 83.6 cm³/mol. The van der Waals surface area contributed by atoms with Crippen molar-refractivity contribution in [1.82, 2.24) is 15.1 Å². The number of rotatable bonds is 8. The van der Waals surface area contributed by atoms with Crippen LogP contribution in [0.25, 0.3) is 0 Å². The third-order valence-corrected chi connectivity index (χ3v) is 3.52. The highest BCUT2D eigenvalue weighted by atomic mass is 15.3. The molecule has 108 valence electrons. The van der Waals surface area contributed by atoms with Crippen LogP contribution >= 0.6 is 0 Å². The SMILES string of the molecule is CCCCC(C)NCc1cnn(Cc2ccccc2)c1. The van der Waals surface area contributed by atoms with Gasteiger partial charge in [-0.25, -0.2) is 0 Å². The van der Waals surface area contributed by atoms with E-state index < -0.39 is 0 Å². The highest BCUT2D eigenvalue weighted by molar-refractivity contribution is 5.15. The maximum atomic E-state index is 4.43. The summed E-state index contributed by atoms with van der Waals surface area (Å²) in [6.07, 6.45) is 7.89. The molecule has 1 aromatic heterocycles. The van der Waals surface area contributed by atoms with Gasteiger partial charge < -0.3 is 5.32 Å². The van der Waals surface area contributed by atoms with Crippen LogP contribution in [-0.4, -0.2) is 15.8 Å². The summed E-state index contributed by atoms with van der Waals surface area (Å²) in [5, 5.41) is 7.99. The van der Waals surface area contributed by atoms with E-state index in [2.05, 4.69) is 54.7 Å². The summed E-state index contributed by atoms with van der Waals surface area (Å²) in [7, 11) is 0. The van der Waals surface area contributed by atoms with Gasteiger partial charge in [0.15, 0.2) is 0 Å². The van der Waals surface area contributed by atoms with Gasteiger partial charge in [-0.15, -0.1) is 0 Å². The zero-order valence-corrected chi connectivity index (χ0v) is 12.5. The summed E-state index contributed by atoms with van der Waals surface area (Å²) in [4.78, 5) is 0. The minimum absolute atomic E-state index is 0.576. The Kier molecular flexibility index (Phi) is 5.81. The Balaban J connectivity index is 1.80. The molecular formula is C17H25N3. The van der Waals surface area contributed by atoms with Gasteiger partial charge in [0.05, 0.1) is 12.7 Å². The third kappa shape index (κ3) is 4.82. The number of nitrogens with zero attached hydrogens (tertiary/aromatic N) is 2. The number of hydrogen-bond donors (Lipinski definition) is 1. The van der Waals surface area contributed by atoms with Crippen LogP contribution in [0.2, 0.25) is 0 Å². The van der Waals surface area contributed by atoms with Crippen molar-refractivity contribution in [3.05, 3.63) is 53.9 Å². The lowest BCUT2D eigenvalue weighted by molar-refractivity contribution is 0.495. The predicted octanol–water partition coefficient (Wildman–Crippen LogP) is 3.60. The van der Waals surface area contributed by atoms with Crippen LogP contribution in [0.1, 0.15) is 44.2 Å². The van der Waals surface area contributed by atoms with Gasteiger partial charge in [0.25, 0.3) is 0 Å². The van der Waals surface area contributed by atoms with Crippen molar-refractivity contribution < 1.29 is 0 Å². The van der Waals surface area contributed by atoms with Crippen LogP contribution in [-0.2, 0) is 13.1 Å². The quantitative estimate of drug-likeness (QED) is 0.795. The monoisotopic (exact) mass is 271 g/mol. The highest BCUT2D eigenvalue weighted by Gasteiger charge is 2.03. The summed E-state index contributed by atoms with van der Waals surface area (Å²) < 4.78 is 2.00. The molecule has 0 bridgehead atoms. The second-order valence-electron chi connectivity index (χ2n) is 5.46. The molecule has 0 aliphatic rings. The summed E-state index contributed by atoms with van der Waals surface area (Å²) >= 11 is 0. The first-order chi connectivity index (χ1) is 9.78. The Labute approximate surface area is 122 Å². The Bertz CT molecular complexity index is 490. The first kappa shape index (κ1) is 14.8. The van der Waals surface area contributed by atoms with Crippen LogP contribution in [0.15, 0.2) is 42.7 Å². The van der Waals surface area contributed by atoms with Crippen molar-refractivity contribution in [2.24, 2.45) is 0 Å². The van der Waals surface area contributed by atoms with E-state index in [1.54, 1.807) is 0 Å². The molecule has 1 heterocycles. The standard InChI is InChI=1S/C17H25N3/c1-3-4-8-15(2)18-11-17-12-19-20(14-17)13-16-9-6-5-7-10-16/h5-7,9-10,12,14-15,18H,3-4,8,11,13H2,1-2H3. The number of aromatic nitrogens is 2. The molecule has 2 rings (SSSR count). The molecule has 2 aromatic rings. The van der Waals surface area contributed by atoms with Gasteiger partial charge in [-0.05, 0) is 18.9 Å². The maximum Gasteiger partial charge on any atom is 0.0659 e. The zero-order valence-electron chi connectivity index (χ0n) is 12.5. The van der Waals surface area contributed by atoms with Gasteiger partial charge in [0.1, 0.15) is 0 Å². The largest absolute Gasteiger partial charge is 0.310 e. The van der Waals surface area contributed by atoms with Crippen molar-refractivity contribution in [2.45, 2.75) is 52.2 Å². The van der Waals surface area contributed by atoms with Gasteiger partial charge in [0.2, 0.25) is 0 Å². The summed E-state index contributed by atoms with van der Waals surface area (Å²) in [6, 6.07) is 11.0. The van der Waals surface area contributed by atoms with E-state index in [0.717, 1.165) is 13.1 Å². The lowest BCUT2D eigenvalue weighted by atomic mass is 10.1. The van der Waals surface area contributed by atoms with Crippen molar-refractivity contribution in [2.75, 3.05) is 0 Å². The first-order valence-electron chi connectivity index (χ1n) is 7.56. The summed E-state index contributed by atoms with van der Waals surface area (Å²) in [6.45, 7) is 6.23. The van der Waals surface area contributed by atoms with Crippen LogP contribution in [0.4, 0.5) is 0 Å². The smallest absolute Gasteiger partial charge is 0.0659 e. The third-order valence-electron chi connectivity index (χ3n) is 3.52. The van der Waals surface area contributed by atoms with E-state index in [-0.39, 0.29) is 0 Å². The van der Waals surface area contributed by atoms with E-state index >= 15 is 0 Å². The van der Waals surface area contributed by atoms with Crippen LogP contribution in [0, 0.1) is 0 Å². The number of nitrogens with one attached hydrogen (secondary N) is 1. The van der Waals surface area contributed by atoms with E-state index in [1.165, 1.54) is 30.4 Å². The Morgan fingerprint density at radius 2 is 2.00 bits per heavy atom. The molecule has 0 fully saturated rings. The van der Waals surface area contributed by atoms with Gasteiger partial charge >= 0.3 is 0 Å². The Morgan fingerprint density at radius 3 is 2.75 bits per heavy atom. The fourth-order valence-electron chi connectivity index (χ4n) is 2.26. The number of benzene rings is 1. The van der Waals surface area contributed by atoms with Gasteiger partial charge in [-0.1, -0.05) is 50.1 Å². The van der Waals surface area contributed by atoms with E-state index in [1.807, 2.05) is 16.9 Å². The molecule has 1 atom stereocenters. The molecule has 0 saturated carbocycles.